The summed E-state index contributed by atoms with van der Waals surface area (Å²) in [5.74, 6) is 2.16. The van der Waals surface area contributed by atoms with Crippen molar-refractivity contribution in [2.45, 2.75) is 50.7 Å². The third-order valence-corrected chi connectivity index (χ3v) is 6.75. The number of benzene rings is 2. The van der Waals surface area contributed by atoms with Gasteiger partial charge in [-0.2, -0.15) is 4.98 Å². The summed E-state index contributed by atoms with van der Waals surface area (Å²) in [6.45, 7) is 1.87. The van der Waals surface area contributed by atoms with Crippen LogP contribution in [-0.4, -0.2) is 29.1 Å². The molecule has 0 saturated heterocycles. The van der Waals surface area contributed by atoms with Crippen LogP contribution in [0.5, 0.6) is 11.5 Å². The second-order valence-corrected chi connectivity index (χ2v) is 9.29. The highest BCUT2D eigenvalue weighted by Gasteiger charge is 2.42. The maximum Gasteiger partial charge on any atom is 0.274 e. The lowest BCUT2D eigenvalue weighted by Gasteiger charge is -2.17. The van der Waals surface area contributed by atoms with Gasteiger partial charge in [0.25, 0.3) is 5.89 Å². The average molecular weight is 488 g/mol. The summed E-state index contributed by atoms with van der Waals surface area (Å²) >= 11 is 12.1. The highest BCUT2D eigenvalue weighted by atomic mass is 35.5. The molecule has 9 heteroatoms. The molecule has 1 unspecified atom stereocenters. The van der Waals surface area contributed by atoms with Gasteiger partial charge in [-0.15, -0.1) is 0 Å². The Hall–Kier alpha value is -2.77. The minimum atomic E-state index is -0.886. The van der Waals surface area contributed by atoms with E-state index >= 15 is 0 Å². The molecule has 3 aromatic rings. The van der Waals surface area contributed by atoms with Gasteiger partial charge >= 0.3 is 0 Å². The predicted molar refractivity (Wildman–Crippen MR) is 125 cm³/mol. The van der Waals surface area contributed by atoms with Crippen LogP contribution in [0.3, 0.4) is 0 Å². The lowest BCUT2D eigenvalue weighted by atomic mass is 9.95. The number of rotatable bonds is 6. The minimum absolute atomic E-state index is 0.222. The van der Waals surface area contributed by atoms with E-state index in [1.54, 1.807) is 25.3 Å². The van der Waals surface area contributed by atoms with Crippen molar-refractivity contribution >= 4 is 28.9 Å². The SMILES string of the molecule is COc1ccc(C2=NOC(C)(c3nc(-c4ccc(Cl)c(Cl)c4)no3)C2)cc1OC1CCCC1. The highest BCUT2D eigenvalue weighted by molar-refractivity contribution is 6.42. The first-order chi connectivity index (χ1) is 15.9. The van der Waals surface area contributed by atoms with Gasteiger partial charge in [0.15, 0.2) is 11.5 Å². The monoisotopic (exact) mass is 487 g/mol. The van der Waals surface area contributed by atoms with Crippen molar-refractivity contribution in [3.8, 4) is 22.9 Å². The van der Waals surface area contributed by atoms with Crippen LogP contribution >= 0.6 is 23.2 Å². The fraction of sp³-hybridized carbons (Fsp3) is 0.375. The Morgan fingerprint density at radius 3 is 2.55 bits per heavy atom. The van der Waals surface area contributed by atoms with Crippen LogP contribution in [0.1, 0.15) is 50.5 Å². The van der Waals surface area contributed by atoms with Gasteiger partial charge in [-0.3, -0.25) is 0 Å². The number of ether oxygens (including phenoxy) is 2. The van der Waals surface area contributed by atoms with Crippen LogP contribution in [0.15, 0.2) is 46.1 Å². The van der Waals surface area contributed by atoms with E-state index in [-0.39, 0.29) is 6.10 Å². The molecule has 0 radical (unpaired) electrons. The fourth-order valence-corrected chi connectivity index (χ4v) is 4.43. The summed E-state index contributed by atoms with van der Waals surface area (Å²) in [4.78, 5) is 10.3. The molecule has 0 amide bonds. The van der Waals surface area contributed by atoms with E-state index in [4.69, 9.17) is 42.0 Å². The Balaban J connectivity index is 1.35. The summed E-state index contributed by atoms with van der Waals surface area (Å²) in [6.07, 6.45) is 5.20. The average Bonchev–Trinajstić information content (AvgIpc) is 3.57. The van der Waals surface area contributed by atoms with Gasteiger partial charge in [-0.25, -0.2) is 0 Å². The van der Waals surface area contributed by atoms with Crippen molar-refractivity contribution in [2.24, 2.45) is 5.16 Å². The molecular formula is C24H23Cl2N3O4. The molecule has 1 saturated carbocycles. The molecule has 5 rings (SSSR count). The molecule has 0 spiro atoms. The Morgan fingerprint density at radius 1 is 1.00 bits per heavy atom. The van der Waals surface area contributed by atoms with Crippen molar-refractivity contribution in [3.05, 3.63) is 57.9 Å². The van der Waals surface area contributed by atoms with Crippen LogP contribution < -0.4 is 9.47 Å². The number of methoxy groups -OCH3 is 1. The van der Waals surface area contributed by atoms with E-state index in [1.165, 1.54) is 12.8 Å². The number of aromatic nitrogens is 2. The van der Waals surface area contributed by atoms with E-state index < -0.39 is 5.60 Å². The molecule has 2 heterocycles. The number of nitrogens with zero attached hydrogens (tertiary/aromatic N) is 3. The predicted octanol–water partition coefficient (Wildman–Crippen LogP) is 6.41. The van der Waals surface area contributed by atoms with Gasteiger partial charge in [0, 0.05) is 17.5 Å². The van der Waals surface area contributed by atoms with Crippen LogP contribution in [0.4, 0.5) is 0 Å². The van der Waals surface area contributed by atoms with Crippen LogP contribution in [0.2, 0.25) is 10.0 Å². The number of hydrogen-bond acceptors (Lipinski definition) is 7. The Kier molecular flexibility index (Phi) is 5.93. The zero-order chi connectivity index (χ0) is 23.0. The van der Waals surface area contributed by atoms with Gasteiger partial charge < -0.3 is 18.8 Å². The fourth-order valence-electron chi connectivity index (χ4n) is 4.13. The van der Waals surface area contributed by atoms with Crippen molar-refractivity contribution in [1.82, 2.24) is 10.1 Å². The van der Waals surface area contributed by atoms with E-state index in [0.29, 0.717) is 39.5 Å². The van der Waals surface area contributed by atoms with Gasteiger partial charge in [-0.05, 0) is 69.0 Å². The molecule has 33 heavy (non-hydrogen) atoms. The summed E-state index contributed by atoms with van der Waals surface area (Å²) < 4.78 is 17.2. The third-order valence-electron chi connectivity index (χ3n) is 6.01. The largest absolute Gasteiger partial charge is 0.493 e. The summed E-state index contributed by atoms with van der Waals surface area (Å²) in [6, 6.07) is 11.0. The van der Waals surface area contributed by atoms with Crippen LogP contribution in [0.25, 0.3) is 11.4 Å². The van der Waals surface area contributed by atoms with Crippen molar-refractivity contribution < 1.29 is 18.8 Å². The molecular weight excluding hydrogens is 465 g/mol. The first-order valence-electron chi connectivity index (χ1n) is 10.8. The molecule has 0 bridgehead atoms. The van der Waals surface area contributed by atoms with E-state index in [9.17, 15) is 0 Å². The van der Waals surface area contributed by atoms with Crippen molar-refractivity contribution in [1.29, 1.82) is 0 Å². The summed E-state index contributed by atoms with van der Waals surface area (Å²) in [7, 11) is 1.64. The molecule has 172 valence electrons. The lowest BCUT2D eigenvalue weighted by molar-refractivity contribution is -0.0313. The molecule has 2 aromatic carbocycles. The molecule has 1 aliphatic heterocycles. The summed E-state index contributed by atoms with van der Waals surface area (Å²) in [5, 5.41) is 9.29. The van der Waals surface area contributed by atoms with Gasteiger partial charge in [0.2, 0.25) is 11.4 Å². The Bertz CT molecular complexity index is 1210. The molecule has 2 aliphatic rings. The minimum Gasteiger partial charge on any atom is -0.493 e. The first kappa shape index (κ1) is 22.0. The molecule has 1 aliphatic carbocycles. The highest BCUT2D eigenvalue weighted by Crippen LogP contribution is 2.39. The lowest BCUT2D eigenvalue weighted by Crippen LogP contribution is -2.22. The Labute approximate surface area is 201 Å². The second kappa shape index (κ2) is 8.88. The van der Waals surface area contributed by atoms with E-state index in [0.717, 1.165) is 29.9 Å². The van der Waals surface area contributed by atoms with Gasteiger partial charge in [-0.1, -0.05) is 33.5 Å². The molecule has 0 N–H and O–H groups in total. The number of hydrogen-bond donors (Lipinski definition) is 0. The zero-order valence-electron chi connectivity index (χ0n) is 18.3. The quantitative estimate of drug-likeness (QED) is 0.399. The smallest absolute Gasteiger partial charge is 0.274 e. The maximum atomic E-state index is 6.22. The van der Waals surface area contributed by atoms with Gasteiger partial charge in [0.05, 0.1) is 29.0 Å². The number of oxime groups is 1. The Morgan fingerprint density at radius 2 is 1.79 bits per heavy atom. The normalized spacial score (nSPS) is 20.5. The maximum absolute atomic E-state index is 6.22. The third kappa shape index (κ3) is 4.39. The molecule has 7 nitrogen and oxygen atoms in total. The second-order valence-electron chi connectivity index (χ2n) is 8.48. The van der Waals surface area contributed by atoms with E-state index in [1.807, 2.05) is 25.1 Å². The molecule has 1 aromatic heterocycles. The topological polar surface area (TPSA) is 79.0 Å². The van der Waals surface area contributed by atoms with Crippen LogP contribution in [0, 0.1) is 0 Å². The molecule has 1 fully saturated rings. The molecule has 1 atom stereocenters. The zero-order valence-corrected chi connectivity index (χ0v) is 19.8. The number of halogens is 2. The van der Waals surface area contributed by atoms with Crippen molar-refractivity contribution in [3.63, 3.8) is 0 Å². The van der Waals surface area contributed by atoms with Crippen LogP contribution in [-0.2, 0) is 10.4 Å². The van der Waals surface area contributed by atoms with E-state index in [2.05, 4.69) is 15.3 Å². The summed E-state index contributed by atoms with van der Waals surface area (Å²) in [5.41, 5.74) is 1.48. The van der Waals surface area contributed by atoms with Gasteiger partial charge in [0.1, 0.15) is 0 Å². The standard InChI is InChI=1S/C24H23Cl2N3O4/c1-24(23-27-22(29-32-23)15-7-9-17(25)18(26)11-15)13-19(28-33-24)14-8-10-20(30-2)21(12-14)31-16-5-3-4-6-16/h7-12,16H,3-6,13H2,1-2H3. The van der Waals surface area contributed by atoms with Crippen molar-refractivity contribution in [2.75, 3.05) is 7.11 Å². The first-order valence-corrected chi connectivity index (χ1v) is 11.6.